The topological polar surface area (TPSA) is 65.1 Å². The molecule has 0 aliphatic heterocycles. The van der Waals surface area contributed by atoms with Gasteiger partial charge in [0.1, 0.15) is 0 Å². The Morgan fingerprint density at radius 3 is 3.00 bits per heavy atom. The maximum Gasteiger partial charge on any atom is 0.328 e. The summed E-state index contributed by atoms with van der Waals surface area (Å²) in [6, 6.07) is 15.2. The van der Waals surface area contributed by atoms with Crippen LogP contribution in [0.15, 0.2) is 48.5 Å². The van der Waals surface area contributed by atoms with Crippen molar-refractivity contribution in [3.63, 3.8) is 0 Å². The Morgan fingerprint density at radius 1 is 1.29 bits per heavy atom. The van der Waals surface area contributed by atoms with Crippen molar-refractivity contribution in [1.29, 1.82) is 0 Å². The maximum absolute atomic E-state index is 10.7. The number of aliphatic carboxylic acids is 1. The van der Waals surface area contributed by atoms with E-state index in [1.165, 1.54) is 39.4 Å². The molecule has 1 aliphatic carbocycles. The van der Waals surface area contributed by atoms with Gasteiger partial charge in [0.05, 0.1) is 0 Å². The predicted molar refractivity (Wildman–Crippen MR) is 114 cm³/mol. The first kappa shape index (κ1) is 18.5. The summed E-state index contributed by atoms with van der Waals surface area (Å²) in [6.07, 6.45) is 7.22. The smallest absolute Gasteiger partial charge is 0.328 e. The Hall–Kier alpha value is -2.85. The highest BCUT2D eigenvalue weighted by Crippen LogP contribution is 2.31. The minimum atomic E-state index is -0.912. The first-order valence-electron chi connectivity index (χ1n) is 9.95. The first-order chi connectivity index (χ1) is 13.6. The summed E-state index contributed by atoms with van der Waals surface area (Å²) >= 11 is 0. The van der Waals surface area contributed by atoms with Crippen molar-refractivity contribution >= 4 is 22.9 Å². The van der Waals surface area contributed by atoms with Crippen molar-refractivity contribution in [1.82, 2.24) is 10.3 Å². The van der Waals surface area contributed by atoms with E-state index in [0.29, 0.717) is 6.04 Å². The molecule has 0 spiro atoms. The highest BCUT2D eigenvalue weighted by molar-refractivity contribution is 5.85. The second-order valence-corrected chi connectivity index (χ2v) is 7.55. The van der Waals surface area contributed by atoms with Crippen LogP contribution in [0.1, 0.15) is 46.8 Å². The number of aryl methyl sites for hydroxylation is 2. The Labute approximate surface area is 165 Å². The van der Waals surface area contributed by atoms with Crippen molar-refractivity contribution < 1.29 is 9.90 Å². The second-order valence-electron chi connectivity index (χ2n) is 7.55. The molecule has 3 aromatic rings. The lowest BCUT2D eigenvalue weighted by molar-refractivity contribution is -0.131. The number of hydrogen-bond donors (Lipinski definition) is 3. The van der Waals surface area contributed by atoms with Crippen LogP contribution in [-0.2, 0) is 17.6 Å². The summed E-state index contributed by atoms with van der Waals surface area (Å²) in [5.41, 5.74) is 7.50. The molecule has 4 rings (SSSR count). The van der Waals surface area contributed by atoms with Crippen LogP contribution in [0.25, 0.3) is 17.0 Å². The second kappa shape index (κ2) is 8.03. The van der Waals surface area contributed by atoms with E-state index in [2.05, 4.69) is 53.6 Å². The van der Waals surface area contributed by atoms with Gasteiger partial charge >= 0.3 is 5.97 Å². The number of carbonyl (C=O) groups is 1. The molecule has 1 heterocycles. The number of benzene rings is 2. The van der Waals surface area contributed by atoms with Gasteiger partial charge in [0.2, 0.25) is 0 Å². The molecule has 4 nitrogen and oxygen atoms in total. The molecule has 0 saturated heterocycles. The molecule has 1 aromatic heterocycles. The SMILES string of the molecule is Cc1[nH]c2ccccc2c1CCNC1CCCc2cc(/C=C/C(=O)O)ccc21. The van der Waals surface area contributed by atoms with Gasteiger partial charge in [-0.15, -0.1) is 0 Å². The molecule has 2 aromatic carbocycles. The Balaban J connectivity index is 1.45. The fourth-order valence-corrected chi connectivity index (χ4v) is 4.35. The molecule has 4 heteroatoms. The molecule has 0 amide bonds. The number of hydrogen-bond acceptors (Lipinski definition) is 2. The number of fused-ring (bicyclic) bond motifs is 2. The molecule has 3 N–H and O–H groups in total. The van der Waals surface area contributed by atoms with Crippen LogP contribution < -0.4 is 5.32 Å². The molecule has 1 unspecified atom stereocenters. The molecule has 1 atom stereocenters. The number of aromatic nitrogens is 1. The van der Waals surface area contributed by atoms with Crippen molar-refractivity contribution in [2.75, 3.05) is 6.54 Å². The lowest BCUT2D eigenvalue weighted by Gasteiger charge is -2.27. The molecule has 0 bridgehead atoms. The van der Waals surface area contributed by atoms with E-state index in [1.807, 2.05) is 6.07 Å². The van der Waals surface area contributed by atoms with Gasteiger partial charge < -0.3 is 15.4 Å². The minimum Gasteiger partial charge on any atom is -0.478 e. The van der Waals surface area contributed by atoms with Gasteiger partial charge in [-0.05, 0) is 73.5 Å². The van der Waals surface area contributed by atoms with Crippen LogP contribution in [0.3, 0.4) is 0 Å². The average molecular weight is 374 g/mol. The zero-order valence-corrected chi connectivity index (χ0v) is 16.2. The average Bonchev–Trinajstić information content (AvgIpc) is 3.01. The molecule has 0 radical (unpaired) electrons. The molecule has 1 aliphatic rings. The van der Waals surface area contributed by atoms with E-state index in [1.54, 1.807) is 6.08 Å². The summed E-state index contributed by atoms with van der Waals surface area (Å²) < 4.78 is 0. The Kier molecular flexibility index (Phi) is 5.31. The van der Waals surface area contributed by atoms with Gasteiger partial charge in [-0.25, -0.2) is 4.79 Å². The number of H-pyrrole nitrogens is 1. The van der Waals surface area contributed by atoms with E-state index >= 15 is 0 Å². The van der Waals surface area contributed by atoms with Crippen molar-refractivity contribution in [2.24, 2.45) is 0 Å². The molecule has 0 fully saturated rings. The van der Waals surface area contributed by atoms with Crippen LogP contribution in [-0.4, -0.2) is 22.6 Å². The summed E-state index contributed by atoms with van der Waals surface area (Å²) in [5.74, 6) is -0.912. The quantitative estimate of drug-likeness (QED) is 0.544. The number of carboxylic acids is 1. The number of para-hydroxylation sites is 1. The van der Waals surface area contributed by atoms with E-state index in [9.17, 15) is 4.79 Å². The number of carboxylic acid groups (broad SMARTS) is 1. The third-order valence-electron chi connectivity index (χ3n) is 5.69. The van der Waals surface area contributed by atoms with Crippen LogP contribution in [0.2, 0.25) is 0 Å². The minimum absolute atomic E-state index is 0.367. The highest BCUT2D eigenvalue weighted by Gasteiger charge is 2.20. The summed E-state index contributed by atoms with van der Waals surface area (Å²) in [5, 5.41) is 13.9. The largest absolute Gasteiger partial charge is 0.478 e. The molecule has 28 heavy (non-hydrogen) atoms. The number of aromatic amines is 1. The maximum atomic E-state index is 10.7. The Morgan fingerprint density at radius 2 is 2.14 bits per heavy atom. The predicted octanol–water partition coefficient (Wildman–Crippen LogP) is 4.78. The van der Waals surface area contributed by atoms with Gasteiger partial charge in [0.15, 0.2) is 0 Å². The van der Waals surface area contributed by atoms with Crippen LogP contribution in [0, 0.1) is 6.92 Å². The summed E-state index contributed by atoms with van der Waals surface area (Å²) in [6.45, 7) is 3.09. The Bertz CT molecular complexity index is 1030. The molecular formula is C24H26N2O2. The van der Waals surface area contributed by atoms with Gasteiger partial charge in [0.25, 0.3) is 0 Å². The molecule has 0 saturated carbocycles. The third kappa shape index (κ3) is 3.87. The monoisotopic (exact) mass is 374 g/mol. The van der Waals surface area contributed by atoms with Crippen LogP contribution >= 0.6 is 0 Å². The zero-order chi connectivity index (χ0) is 19.5. The highest BCUT2D eigenvalue weighted by atomic mass is 16.4. The standard InChI is InChI=1S/C24H26N2O2/c1-16-19(21-6-2-3-7-23(21)26-16)13-14-25-22-8-4-5-18-15-17(9-11-20(18)22)10-12-24(27)28/h2-3,6-7,9-12,15,22,25-26H,4-5,8,13-14H2,1H3,(H,27,28)/b12-10+. The van der Waals surface area contributed by atoms with Crippen LogP contribution in [0.5, 0.6) is 0 Å². The van der Waals surface area contributed by atoms with Gasteiger partial charge in [-0.3, -0.25) is 0 Å². The van der Waals surface area contributed by atoms with Gasteiger partial charge in [-0.2, -0.15) is 0 Å². The third-order valence-corrected chi connectivity index (χ3v) is 5.69. The zero-order valence-electron chi connectivity index (χ0n) is 16.2. The lowest BCUT2D eigenvalue weighted by Crippen LogP contribution is -2.27. The van der Waals surface area contributed by atoms with Crippen LogP contribution in [0.4, 0.5) is 0 Å². The normalized spacial score (nSPS) is 16.5. The summed E-state index contributed by atoms with van der Waals surface area (Å²) in [7, 11) is 0. The van der Waals surface area contributed by atoms with E-state index in [4.69, 9.17) is 5.11 Å². The summed E-state index contributed by atoms with van der Waals surface area (Å²) in [4.78, 5) is 14.2. The van der Waals surface area contributed by atoms with Gasteiger partial charge in [-0.1, -0.05) is 36.4 Å². The number of rotatable bonds is 6. The molecular weight excluding hydrogens is 348 g/mol. The van der Waals surface area contributed by atoms with Crippen molar-refractivity contribution in [3.05, 3.63) is 76.5 Å². The van der Waals surface area contributed by atoms with Gasteiger partial charge in [0, 0.05) is 28.7 Å². The van der Waals surface area contributed by atoms with E-state index in [0.717, 1.165) is 37.8 Å². The van der Waals surface area contributed by atoms with E-state index < -0.39 is 5.97 Å². The number of nitrogens with one attached hydrogen (secondary N) is 2. The molecule has 144 valence electrons. The fraction of sp³-hybridized carbons (Fsp3) is 0.292. The first-order valence-corrected chi connectivity index (χ1v) is 9.95. The van der Waals surface area contributed by atoms with Crippen molar-refractivity contribution in [2.45, 2.75) is 38.6 Å². The fourth-order valence-electron chi connectivity index (χ4n) is 4.35. The lowest BCUT2D eigenvalue weighted by atomic mass is 9.86. The van der Waals surface area contributed by atoms with E-state index in [-0.39, 0.29) is 0 Å². The van der Waals surface area contributed by atoms with Crippen molar-refractivity contribution in [3.8, 4) is 0 Å².